The van der Waals surface area contributed by atoms with Gasteiger partial charge in [-0.25, -0.2) is 0 Å². The van der Waals surface area contributed by atoms with Crippen LogP contribution in [0.3, 0.4) is 0 Å². The monoisotopic (exact) mass is 1160 g/mol. The molecule has 6 amide bonds. The Morgan fingerprint density at radius 3 is 0.659 bits per heavy atom. The molecule has 0 unspecified atom stereocenters. The lowest BCUT2D eigenvalue weighted by molar-refractivity contribution is -0.132. The van der Waals surface area contributed by atoms with Crippen molar-refractivity contribution in [1.29, 1.82) is 0 Å². The Morgan fingerprint density at radius 1 is 0.261 bits per heavy atom. The summed E-state index contributed by atoms with van der Waals surface area (Å²) in [5.41, 5.74) is 13.7. The van der Waals surface area contributed by atoms with Crippen molar-refractivity contribution in [3.8, 4) is 44.5 Å². The van der Waals surface area contributed by atoms with Crippen molar-refractivity contribution in [1.82, 2.24) is 31.1 Å². The number of likely N-dealkylation sites (tertiary alicyclic amines) is 2. The molecule has 2 heterocycles. The molecule has 88 heavy (non-hydrogen) atoms. The standard InChI is InChI=1S/C76H72N6O6/c83-71(77-45-41-53-21-29-61(30-22-53)57-13-5-1-6-14-57)67-49-81(50-68(67)72(84)78-46-42-54-23-31-62(32-24-54)58-15-7-2-8-16-58)75(87)65-37-39-66(40-38-65)76(88)82-51-69(73(85)79-47-43-55-25-33-63(34-26-55)59-17-9-3-10-18-59)70(52-82)74(86)80-48-44-56-27-35-64(36-28-56)60-19-11-4-12-20-60/h1-40,67-70H,41-52H2,(H,77,83)(H,78,84)(H,79,85)(H,80,86)/t67-,68-,69-,70-/m0/s1. The number of hydrogen-bond acceptors (Lipinski definition) is 6. The van der Waals surface area contributed by atoms with Crippen molar-refractivity contribution in [3.63, 3.8) is 0 Å². The second kappa shape index (κ2) is 28.8. The minimum Gasteiger partial charge on any atom is -0.355 e. The van der Waals surface area contributed by atoms with Crippen LogP contribution in [0.4, 0.5) is 0 Å². The molecule has 12 nitrogen and oxygen atoms in total. The minimum atomic E-state index is -0.807. The number of nitrogens with zero attached hydrogens (tertiary/aromatic N) is 2. The maximum Gasteiger partial charge on any atom is 0.253 e. The van der Waals surface area contributed by atoms with Crippen molar-refractivity contribution in [2.45, 2.75) is 25.7 Å². The fourth-order valence-electron chi connectivity index (χ4n) is 11.9. The average molecular weight is 1170 g/mol. The predicted molar refractivity (Wildman–Crippen MR) is 347 cm³/mol. The van der Waals surface area contributed by atoms with Crippen molar-refractivity contribution in [3.05, 3.63) is 276 Å². The molecule has 0 spiro atoms. The van der Waals surface area contributed by atoms with Crippen molar-refractivity contribution in [2.75, 3.05) is 52.4 Å². The van der Waals surface area contributed by atoms with Gasteiger partial charge in [-0.15, -0.1) is 0 Å². The Balaban J connectivity index is 0.732. The summed E-state index contributed by atoms with van der Waals surface area (Å²) in [5, 5.41) is 12.3. The number of carbonyl (C=O) groups is 6. The van der Waals surface area contributed by atoms with Crippen LogP contribution in [-0.4, -0.2) is 97.6 Å². The highest BCUT2D eigenvalue weighted by Gasteiger charge is 2.45. The van der Waals surface area contributed by atoms with Gasteiger partial charge in [-0.1, -0.05) is 218 Å². The molecule has 0 aromatic heterocycles. The van der Waals surface area contributed by atoms with E-state index in [9.17, 15) is 28.8 Å². The first-order valence-corrected chi connectivity index (χ1v) is 30.5. The van der Waals surface area contributed by atoms with Crippen LogP contribution in [-0.2, 0) is 44.9 Å². The third kappa shape index (κ3) is 15.1. The van der Waals surface area contributed by atoms with E-state index in [1.165, 1.54) is 0 Å². The first kappa shape index (κ1) is 59.5. The number of benzene rings is 9. The van der Waals surface area contributed by atoms with Crippen LogP contribution < -0.4 is 21.3 Å². The second-order valence-corrected chi connectivity index (χ2v) is 22.8. The minimum absolute atomic E-state index is 0.0257. The molecule has 12 heteroatoms. The number of nitrogens with one attached hydrogen (secondary N) is 4. The highest BCUT2D eigenvalue weighted by atomic mass is 16.2. The molecule has 2 aliphatic heterocycles. The van der Waals surface area contributed by atoms with Crippen molar-refractivity contribution in [2.24, 2.45) is 23.7 Å². The quantitative estimate of drug-likeness (QED) is 0.0529. The van der Waals surface area contributed by atoms with Gasteiger partial charge in [0.25, 0.3) is 11.8 Å². The topological polar surface area (TPSA) is 157 Å². The third-order valence-corrected chi connectivity index (χ3v) is 17.0. The van der Waals surface area contributed by atoms with Crippen LogP contribution in [0.25, 0.3) is 44.5 Å². The van der Waals surface area contributed by atoms with Gasteiger partial charge in [-0.2, -0.15) is 0 Å². The van der Waals surface area contributed by atoms with Crippen LogP contribution in [0.1, 0.15) is 43.0 Å². The van der Waals surface area contributed by atoms with E-state index in [1.54, 1.807) is 34.1 Å². The van der Waals surface area contributed by atoms with Gasteiger partial charge in [0.15, 0.2) is 0 Å². The zero-order valence-electron chi connectivity index (χ0n) is 49.2. The summed E-state index contributed by atoms with van der Waals surface area (Å²) in [6, 6.07) is 79.8. The first-order chi connectivity index (χ1) is 43.1. The second-order valence-electron chi connectivity index (χ2n) is 22.8. The molecule has 9 aromatic carbocycles. The van der Waals surface area contributed by atoms with Gasteiger partial charge >= 0.3 is 0 Å². The summed E-state index contributed by atoms with van der Waals surface area (Å²) < 4.78 is 0. The fraction of sp³-hybridized carbons (Fsp3) is 0.211. The van der Waals surface area contributed by atoms with Crippen molar-refractivity contribution < 1.29 is 28.8 Å². The summed E-state index contributed by atoms with van der Waals surface area (Å²) in [5.74, 6) is -5.20. The Hall–Kier alpha value is -10.2. The Bertz CT molecular complexity index is 3340. The Labute approximate surface area is 515 Å². The number of hydrogen-bond donors (Lipinski definition) is 4. The van der Waals surface area contributed by atoms with E-state index in [0.717, 1.165) is 66.8 Å². The van der Waals surface area contributed by atoms with Gasteiger partial charge in [-0.05, 0) is 117 Å². The van der Waals surface area contributed by atoms with Crippen LogP contribution in [0, 0.1) is 23.7 Å². The van der Waals surface area contributed by atoms with E-state index < -0.39 is 23.7 Å². The lowest BCUT2D eigenvalue weighted by atomic mass is 9.94. The molecule has 2 fully saturated rings. The SMILES string of the molecule is O=C(NCCc1ccc(-c2ccccc2)cc1)[C@H]1CN(C(=O)c2ccc(C(=O)N3C[C@H](C(=O)NCCc4ccc(-c5ccccc5)cc4)[C@@H](C(=O)NCCc4ccc(-c5ccccc5)cc4)C3)cc2)C[C@@H]1C(=O)NCCc1ccc(-c2ccccc2)cc1. The molecule has 4 atom stereocenters. The number of rotatable bonds is 22. The number of carbonyl (C=O) groups excluding carboxylic acids is 6. The molecule has 2 saturated heterocycles. The summed E-state index contributed by atoms with van der Waals surface area (Å²) in [6.07, 6.45) is 2.32. The van der Waals surface area contributed by atoms with Gasteiger partial charge in [0.05, 0.1) is 23.7 Å². The highest BCUT2D eigenvalue weighted by molar-refractivity contribution is 6.00. The summed E-state index contributed by atoms with van der Waals surface area (Å²) >= 11 is 0. The average Bonchev–Trinajstić information content (AvgIpc) is 4.26. The van der Waals surface area contributed by atoms with Crippen LogP contribution in [0.15, 0.2) is 243 Å². The van der Waals surface area contributed by atoms with Crippen LogP contribution >= 0.6 is 0 Å². The molecule has 9 aromatic rings. The van der Waals surface area contributed by atoms with Crippen LogP contribution in [0.2, 0.25) is 0 Å². The van der Waals surface area contributed by atoms with Gasteiger partial charge in [0.1, 0.15) is 0 Å². The van der Waals surface area contributed by atoms with E-state index in [4.69, 9.17) is 0 Å². The van der Waals surface area contributed by atoms with E-state index in [2.05, 4.69) is 167 Å². The maximum absolute atomic E-state index is 14.4. The molecule has 2 aliphatic rings. The lowest BCUT2D eigenvalue weighted by Crippen LogP contribution is -2.42. The molecular weight excluding hydrogens is 1090 g/mol. The molecule has 0 aliphatic carbocycles. The molecule has 11 rings (SSSR count). The predicted octanol–water partition coefficient (Wildman–Crippen LogP) is 11.2. The van der Waals surface area contributed by atoms with Gasteiger partial charge < -0.3 is 31.1 Å². The summed E-state index contributed by atoms with van der Waals surface area (Å²) in [6.45, 7) is 1.49. The normalized spacial score (nSPS) is 16.1. The van der Waals surface area contributed by atoms with Gasteiger partial charge in [0, 0.05) is 63.5 Å². The molecule has 0 radical (unpaired) electrons. The fourth-order valence-corrected chi connectivity index (χ4v) is 11.9. The van der Waals surface area contributed by atoms with Gasteiger partial charge in [-0.3, -0.25) is 28.8 Å². The van der Waals surface area contributed by atoms with E-state index >= 15 is 0 Å². The lowest BCUT2D eigenvalue weighted by Gasteiger charge is -2.18. The Kier molecular flexibility index (Phi) is 19.5. The van der Waals surface area contributed by atoms with Gasteiger partial charge in [0.2, 0.25) is 23.6 Å². The zero-order chi connectivity index (χ0) is 60.6. The molecule has 0 bridgehead atoms. The molecule has 0 saturated carbocycles. The molecule has 4 N–H and O–H groups in total. The third-order valence-electron chi connectivity index (χ3n) is 17.0. The zero-order valence-corrected chi connectivity index (χ0v) is 49.2. The van der Waals surface area contributed by atoms with E-state index in [-0.39, 0.29) is 72.7 Å². The largest absolute Gasteiger partial charge is 0.355 e. The van der Waals surface area contributed by atoms with Crippen LogP contribution in [0.5, 0.6) is 0 Å². The van der Waals surface area contributed by atoms with E-state index in [0.29, 0.717) is 51.9 Å². The van der Waals surface area contributed by atoms with Crippen molar-refractivity contribution >= 4 is 35.4 Å². The number of amides is 6. The highest BCUT2D eigenvalue weighted by Crippen LogP contribution is 2.30. The van der Waals surface area contributed by atoms with E-state index in [1.807, 2.05) is 72.8 Å². The Morgan fingerprint density at radius 2 is 0.455 bits per heavy atom. The smallest absolute Gasteiger partial charge is 0.253 e. The molecular formula is C76H72N6O6. The summed E-state index contributed by atoms with van der Waals surface area (Å²) in [4.78, 5) is 88.3. The maximum atomic E-state index is 14.4. The molecule has 442 valence electrons. The summed E-state index contributed by atoms with van der Waals surface area (Å²) in [7, 11) is 0. The first-order valence-electron chi connectivity index (χ1n) is 30.5.